The first kappa shape index (κ1) is 14.5. The predicted octanol–water partition coefficient (Wildman–Crippen LogP) is 2.38. The van der Waals surface area contributed by atoms with E-state index < -0.39 is 0 Å². The Labute approximate surface area is 131 Å². The van der Waals surface area contributed by atoms with Gasteiger partial charge in [0.2, 0.25) is 0 Å². The van der Waals surface area contributed by atoms with E-state index in [1.54, 1.807) is 6.21 Å². The molecule has 4 nitrogen and oxygen atoms in total. The second-order valence-corrected chi connectivity index (χ2v) is 5.83. The quantitative estimate of drug-likeness (QED) is 0.838. The van der Waals surface area contributed by atoms with Gasteiger partial charge < -0.3 is 15.9 Å². The Morgan fingerprint density at radius 1 is 1.50 bits per heavy atom. The summed E-state index contributed by atoms with van der Waals surface area (Å²) >= 11 is 0. The fourth-order valence-corrected chi connectivity index (χ4v) is 2.31. The van der Waals surface area contributed by atoms with Gasteiger partial charge in [0, 0.05) is 35.9 Å². The summed E-state index contributed by atoms with van der Waals surface area (Å²) in [5.41, 5.74) is 10.1. The number of nitrogens with zero attached hydrogens (tertiary/aromatic N) is 1. The third kappa shape index (κ3) is 3.82. The van der Waals surface area contributed by atoms with Crippen molar-refractivity contribution in [2.45, 2.75) is 32.3 Å². The number of hydrogen-bond acceptors (Lipinski definition) is 4. The van der Waals surface area contributed by atoms with Crippen molar-refractivity contribution < 1.29 is 4.84 Å². The zero-order valence-electron chi connectivity index (χ0n) is 12.8. The zero-order chi connectivity index (χ0) is 15.4. The third-order valence-electron chi connectivity index (χ3n) is 3.79. The first-order valence-electron chi connectivity index (χ1n) is 7.71. The van der Waals surface area contributed by atoms with Crippen molar-refractivity contribution in [3.63, 3.8) is 0 Å². The predicted molar refractivity (Wildman–Crippen MR) is 88.9 cm³/mol. The lowest BCUT2D eigenvalue weighted by Crippen LogP contribution is -2.23. The lowest BCUT2D eigenvalue weighted by molar-refractivity contribution is 0.0877. The molecule has 114 valence electrons. The van der Waals surface area contributed by atoms with E-state index in [-0.39, 0.29) is 6.10 Å². The van der Waals surface area contributed by atoms with Crippen LogP contribution >= 0.6 is 0 Å². The molecule has 3 N–H and O–H groups in total. The molecule has 0 spiro atoms. The maximum absolute atomic E-state index is 6.15. The molecular formula is C18H21N3O. The Balaban J connectivity index is 1.61. The summed E-state index contributed by atoms with van der Waals surface area (Å²) in [6.45, 7) is 2.76. The van der Waals surface area contributed by atoms with Gasteiger partial charge in [-0.3, -0.25) is 0 Å². The van der Waals surface area contributed by atoms with E-state index >= 15 is 0 Å². The van der Waals surface area contributed by atoms with Gasteiger partial charge in [-0.1, -0.05) is 23.1 Å². The molecule has 1 aromatic carbocycles. The minimum atomic E-state index is 0.102. The highest BCUT2D eigenvalue weighted by atomic mass is 16.6. The second kappa shape index (κ2) is 6.57. The van der Waals surface area contributed by atoms with Gasteiger partial charge in [0.05, 0.1) is 12.2 Å². The van der Waals surface area contributed by atoms with Crippen LogP contribution in [0.2, 0.25) is 0 Å². The van der Waals surface area contributed by atoms with Gasteiger partial charge in [-0.05, 0) is 37.5 Å². The zero-order valence-corrected chi connectivity index (χ0v) is 12.8. The summed E-state index contributed by atoms with van der Waals surface area (Å²) in [5, 5.41) is 6.94. The van der Waals surface area contributed by atoms with Crippen LogP contribution in [-0.2, 0) is 4.84 Å². The molecule has 3 rings (SSSR count). The van der Waals surface area contributed by atoms with E-state index in [1.165, 1.54) is 12.8 Å². The van der Waals surface area contributed by atoms with Gasteiger partial charge in [-0.15, -0.1) is 0 Å². The minimum Gasteiger partial charge on any atom is -0.397 e. The van der Waals surface area contributed by atoms with Crippen molar-refractivity contribution in [3.05, 3.63) is 41.1 Å². The molecule has 1 aliphatic heterocycles. The van der Waals surface area contributed by atoms with Crippen LogP contribution in [0.15, 0.2) is 29.6 Å². The van der Waals surface area contributed by atoms with Gasteiger partial charge in [0.15, 0.2) is 0 Å². The summed E-state index contributed by atoms with van der Waals surface area (Å²) in [4.78, 5) is 5.15. The summed E-state index contributed by atoms with van der Waals surface area (Å²) in [6, 6.07) is 6.17. The van der Waals surface area contributed by atoms with Crippen LogP contribution in [0.4, 0.5) is 0 Å². The normalized spacial score (nSPS) is 20.2. The molecule has 0 bridgehead atoms. The Morgan fingerprint density at radius 2 is 2.36 bits per heavy atom. The highest BCUT2D eigenvalue weighted by Crippen LogP contribution is 2.27. The Hall–Kier alpha value is -2.41. The number of benzene rings is 1. The molecule has 4 heteroatoms. The first-order valence-corrected chi connectivity index (χ1v) is 7.71. The second-order valence-electron chi connectivity index (χ2n) is 5.83. The Kier molecular flexibility index (Phi) is 4.34. The van der Waals surface area contributed by atoms with Crippen LogP contribution < -0.4 is 11.1 Å². The molecule has 2 aliphatic rings. The van der Waals surface area contributed by atoms with Crippen molar-refractivity contribution in [2.75, 3.05) is 6.54 Å². The number of aryl methyl sites for hydroxylation is 1. The topological polar surface area (TPSA) is 59.6 Å². The van der Waals surface area contributed by atoms with Gasteiger partial charge in [-0.2, -0.15) is 0 Å². The fraction of sp³-hybridized carbons (Fsp3) is 0.389. The fourth-order valence-electron chi connectivity index (χ4n) is 2.31. The highest BCUT2D eigenvalue weighted by molar-refractivity contribution is 5.66. The van der Waals surface area contributed by atoms with Crippen LogP contribution in [0.25, 0.3) is 5.70 Å². The number of rotatable bonds is 4. The third-order valence-corrected chi connectivity index (χ3v) is 3.79. The monoisotopic (exact) mass is 295 g/mol. The standard InChI is InChI=1S/C18H21N3O/c1-13-10-15(5-4-14-2-3-14)6-7-17(13)18(19)12-20-11-16-8-9-21-22-16/h6-7,9-10,12,14,16,20H,2-3,8,11,19H2,1H3/b18-12-. The molecule has 1 aliphatic carbocycles. The van der Waals surface area contributed by atoms with Gasteiger partial charge >= 0.3 is 0 Å². The van der Waals surface area contributed by atoms with E-state index in [2.05, 4.69) is 35.3 Å². The molecule has 1 aromatic rings. The average molecular weight is 295 g/mol. The number of oxime groups is 1. The Bertz CT molecular complexity index is 655. The number of nitrogens with two attached hydrogens (primary N) is 1. The van der Waals surface area contributed by atoms with Crippen LogP contribution in [0.5, 0.6) is 0 Å². The largest absolute Gasteiger partial charge is 0.397 e. The maximum atomic E-state index is 6.15. The molecule has 0 amide bonds. The SMILES string of the molecule is Cc1cc(C#CC2CC2)ccc1/C(N)=C/NCC1CC=NO1. The molecule has 1 saturated carbocycles. The highest BCUT2D eigenvalue weighted by Gasteiger charge is 2.17. The minimum absolute atomic E-state index is 0.102. The molecule has 22 heavy (non-hydrogen) atoms. The first-order chi connectivity index (χ1) is 10.7. The van der Waals surface area contributed by atoms with E-state index in [0.717, 1.165) is 28.8 Å². The molecular weight excluding hydrogens is 274 g/mol. The molecule has 1 unspecified atom stereocenters. The van der Waals surface area contributed by atoms with Crippen LogP contribution in [0.3, 0.4) is 0 Å². The van der Waals surface area contributed by atoms with E-state index in [0.29, 0.717) is 12.5 Å². The van der Waals surface area contributed by atoms with E-state index in [1.807, 2.05) is 18.3 Å². The lowest BCUT2D eigenvalue weighted by atomic mass is 10.0. The lowest BCUT2D eigenvalue weighted by Gasteiger charge is -2.10. The molecule has 0 radical (unpaired) electrons. The smallest absolute Gasteiger partial charge is 0.149 e. The molecule has 0 aromatic heterocycles. The maximum Gasteiger partial charge on any atom is 0.149 e. The number of hydrogen-bond donors (Lipinski definition) is 2. The van der Waals surface area contributed by atoms with Crippen LogP contribution in [-0.4, -0.2) is 18.9 Å². The van der Waals surface area contributed by atoms with Crippen molar-refractivity contribution in [3.8, 4) is 11.8 Å². The average Bonchev–Trinajstić information content (AvgIpc) is 3.20. The van der Waals surface area contributed by atoms with Gasteiger partial charge in [0.25, 0.3) is 0 Å². The van der Waals surface area contributed by atoms with Gasteiger partial charge in [-0.25, -0.2) is 0 Å². The van der Waals surface area contributed by atoms with Crippen molar-refractivity contribution in [2.24, 2.45) is 16.8 Å². The van der Waals surface area contributed by atoms with Gasteiger partial charge in [0.1, 0.15) is 6.10 Å². The van der Waals surface area contributed by atoms with Crippen LogP contribution in [0.1, 0.15) is 36.0 Å². The molecule has 1 fully saturated rings. The van der Waals surface area contributed by atoms with E-state index in [4.69, 9.17) is 10.6 Å². The summed E-state index contributed by atoms with van der Waals surface area (Å²) in [5.74, 6) is 7.14. The molecule has 1 atom stereocenters. The van der Waals surface area contributed by atoms with Crippen molar-refractivity contribution in [1.29, 1.82) is 0 Å². The summed E-state index contributed by atoms with van der Waals surface area (Å²) < 4.78 is 0. The summed E-state index contributed by atoms with van der Waals surface area (Å²) in [7, 11) is 0. The molecule has 0 saturated heterocycles. The molecule has 1 heterocycles. The van der Waals surface area contributed by atoms with Crippen molar-refractivity contribution in [1.82, 2.24) is 5.32 Å². The van der Waals surface area contributed by atoms with E-state index in [9.17, 15) is 0 Å². The Morgan fingerprint density at radius 3 is 3.05 bits per heavy atom. The number of nitrogens with one attached hydrogen (secondary N) is 1. The van der Waals surface area contributed by atoms with Crippen LogP contribution in [0, 0.1) is 24.7 Å². The summed E-state index contributed by atoms with van der Waals surface area (Å²) in [6.07, 6.45) is 7.06. The van der Waals surface area contributed by atoms with Crippen molar-refractivity contribution >= 4 is 11.9 Å².